The van der Waals surface area contributed by atoms with Gasteiger partial charge in [0, 0.05) is 7.11 Å². The van der Waals surface area contributed by atoms with Crippen molar-refractivity contribution in [3.05, 3.63) is 0 Å². The lowest BCUT2D eigenvalue weighted by molar-refractivity contribution is 0.0332. The Hall–Kier alpha value is 0.170. The Labute approximate surface area is 59.5 Å². The van der Waals surface area contributed by atoms with Crippen LogP contribution in [0.15, 0.2) is 0 Å². The average Bonchev–Trinajstić information content (AvgIpc) is 1.89. The summed E-state index contributed by atoms with van der Waals surface area (Å²) >= 11 is 5.47. The van der Waals surface area contributed by atoms with Crippen LogP contribution in [0.1, 0.15) is 0 Å². The fourth-order valence-corrected chi connectivity index (χ4v) is 0.398. The lowest BCUT2D eigenvalue weighted by atomic mass is 10.7. The third kappa shape index (κ3) is 6.05. The smallest absolute Gasteiger partial charge is 0.153 e. The Kier molecular flexibility index (Phi) is 6.41. The summed E-state index contributed by atoms with van der Waals surface area (Å²) in [7, 11) is 1.50. The zero-order valence-electron chi connectivity index (χ0n) is 5.34. The van der Waals surface area contributed by atoms with E-state index in [1.54, 1.807) is 0 Å². The van der Waals surface area contributed by atoms with Gasteiger partial charge in [0.15, 0.2) is 5.56 Å². The second kappa shape index (κ2) is 6.29. The fourth-order valence-electron chi connectivity index (χ4n) is 0.309. The van der Waals surface area contributed by atoms with Crippen molar-refractivity contribution >= 4 is 11.6 Å². The molecule has 0 amide bonds. The van der Waals surface area contributed by atoms with Crippen molar-refractivity contribution in [2.24, 2.45) is 0 Å². The fraction of sp³-hybridized carbons (Fsp3) is 1.00. The normalized spacial score (nSPS) is 13.7. The highest BCUT2D eigenvalue weighted by Gasteiger charge is 1.99. The molecule has 0 bridgehead atoms. The summed E-state index contributed by atoms with van der Waals surface area (Å²) in [6.07, 6.45) is 0. The van der Waals surface area contributed by atoms with Crippen molar-refractivity contribution in [2.45, 2.75) is 5.56 Å². The maximum atomic E-state index is 8.24. The Morgan fingerprint density at radius 1 is 1.67 bits per heavy atom. The second-order valence-electron chi connectivity index (χ2n) is 1.44. The monoisotopic (exact) mass is 154 g/mol. The van der Waals surface area contributed by atoms with Gasteiger partial charge in [-0.2, -0.15) is 0 Å². The van der Waals surface area contributed by atoms with Gasteiger partial charge < -0.3 is 14.6 Å². The van der Waals surface area contributed by atoms with Gasteiger partial charge in [0.25, 0.3) is 0 Å². The van der Waals surface area contributed by atoms with E-state index >= 15 is 0 Å². The summed E-state index contributed by atoms with van der Waals surface area (Å²) in [6.45, 7) is 0.651. The van der Waals surface area contributed by atoms with Gasteiger partial charge in [0.1, 0.15) is 0 Å². The van der Waals surface area contributed by atoms with E-state index in [1.165, 1.54) is 7.11 Å². The number of alkyl halides is 1. The molecule has 0 saturated heterocycles. The van der Waals surface area contributed by atoms with E-state index in [4.69, 9.17) is 21.4 Å². The van der Waals surface area contributed by atoms with Crippen LogP contribution in [0.5, 0.6) is 0 Å². The molecule has 0 aliphatic rings. The molecule has 0 heterocycles. The van der Waals surface area contributed by atoms with E-state index in [9.17, 15) is 0 Å². The molecule has 0 aliphatic heterocycles. The van der Waals surface area contributed by atoms with Crippen LogP contribution in [0.2, 0.25) is 0 Å². The summed E-state index contributed by atoms with van der Waals surface area (Å²) in [5.41, 5.74) is -0.406. The third-order valence-corrected chi connectivity index (χ3v) is 1.04. The molecular weight excluding hydrogens is 144 g/mol. The Bertz CT molecular complexity index is 60.2. The summed E-state index contributed by atoms with van der Waals surface area (Å²) in [5.74, 6) is 0. The predicted molar refractivity (Wildman–Crippen MR) is 34.6 cm³/mol. The van der Waals surface area contributed by atoms with Gasteiger partial charge in [-0.3, -0.25) is 0 Å². The first-order valence-corrected chi connectivity index (χ1v) is 3.10. The second-order valence-corrected chi connectivity index (χ2v) is 1.93. The molecule has 9 heavy (non-hydrogen) atoms. The number of aliphatic hydroxyl groups is 1. The predicted octanol–water partition coefficient (Wildman–Crippen LogP) is 0.207. The highest BCUT2D eigenvalue weighted by Crippen LogP contribution is 1.95. The zero-order valence-corrected chi connectivity index (χ0v) is 6.10. The standard InChI is InChI=1S/C5H11ClO3/c1-8-5(6)4-9-3-2-7/h5,7H,2-4H2,1H3. The minimum absolute atomic E-state index is 0.0212. The Morgan fingerprint density at radius 2 is 2.33 bits per heavy atom. The Balaban J connectivity index is 2.88. The molecule has 0 aromatic carbocycles. The molecular formula is C5H11ClO3. The SMILES string of the molecule is COC(Cl)COCCO. The molecule has 3 nitrogen and oxygen atoms in total. The van der Waals surface area contributed by atoms with Crippen LogP contribution >= 0.6 is 11.6 Å². The quantitative estimate of drug-likeness (QED) is 0.455. The number of hydrogen-bond donors (Lipinski definition) is 1. The Morgan fingerprint density at radius 3 is 2.78 bits per heavy atom. The van der Waals surface area contributed by atoms with E-state index in [0.717, 1.165) is 0 Å². The number of methoxy groups -OCH3 is 1. The highest BCUT2D eigenvalue weighted by molar-refractivity contribution is 6.19. The average molecular weight is 155 g/mol. The van der Waals surface area contributed by atoms with Gasteiger partial charge >= 0.3 is 0 Å². The van der Waals surface area contributed by atoms with E-state index in [0.29, 0.717) is 13.2 Å². The molecule has 0 fully saturated rings. The molecule has 1 atom stereocenters. The molecule has 0 saturated carbocycles. The molecule has 0 aliphatic carbocycles. The van der Waals surface area contributed by atoms with Crippen LogP contribution in [0.3, 0.4) is 0 Å². The number of aliphatic hydroxyl groups excluding tert-OH is 1. The van der Waals surface area contributed by atoms with Crippen molar-refractivity contribution < 1.29 is 14.6 Å². The number of ether oxygens (including phenoxy) is 2. The topological polar surface area (TPSA) is 38.7 Å². The molecule has 0 radical (unpaired) electrons. The van der Waals surface area contributed by atoms with Crippen molar-refractivity contribution in [2.75, 3.05) is 26.9 Å². The molecule has 0 aromatic rings. The first kappa shape index (κ1) is 9.17. The van der Waals surface area contributed by atoms with Crippen LogP contribution in [0, 0.1) is 0 Å². The van der Waals surface area contributed by atoms with Gasteiger partial charge in [-0.1, -0.05) is 11.6 Å². The van der Waals surface area contributed by atoms with Crippen LogP contribution in [0.4, 0.5) is 0 Å². The van der Waals surface area contributed by atoms with Gasteiger partial charge in [-0.05, 0) is 0 Å². The third-order valence-electron chi connectivity index (χ3n) is 0.740. The van der Waals surface area contributed by atoms with Crippen molar-refractivity contribution in [3.8, 4) is 0 Å². The van der Waals surface area contributed by atoms with Crippen LogP contribution in [-0.2, 0) is 9.47 Å². The summed E-state index contributed by atoms with van der Waals surface area (Å²) in [6, 6.07) is 0. The lowest BCUT2D eigenvalue weighted by Crippen LogP contribution is -2.12. The van der Waals surface area contributed by atoms with Crippen molar-refractivity contribution in [1.82, 2.24) is 0 Å². The van der Waals surface area contributed by atoms with Gasteiger partial charge in [0.05, 0.1) is 19.8 Å². The van der Waals surface area contributed by atoms with Crippen LogP contribution in [-0.4, -0.2) is 37.6 Å². The van der Waals surface area contributed by atoms with Crippen molar-refractivity contribution in [1.29, 1.82) is 0 Å². The van der Waals surface area contributed by atoms with Crippen molar-refractivity contribution in [3.63, 3.8) is 0 Å². The largest absolute Gasteiger partial charge is 0.394 e. The summed E-state index contributed by atoms with van der Waals surface area (Å²) in [5, 5.41) is 8.24. The molecule has 0 aromatic heterocycles. The lowest BCUT2D eigenvalue weighted by Gasteiger charge is -2.05. The molecule has 0 rings (SSSR count). The summed E-state index contributed by atoms with van der Waals surface area (Å²) < 4.78 is 9.48. The van der Waals surface area contributed by atoms with Gasteiger partial charge in [-0.25, -0.2) is 0 Å². The number of hydrogen-bond acceptors (Lipinski definition) is 3. The molecule has 1 unspecified atom stereocenters. The van der Waals surface area contributed by atoms with Gasteiger partial charge in [-0.15, -0.1) is 0 Å². The van der Waals surface area contributed by atoms with E-state index < -0.39 is 5.56 Å². The minimum Gasteiger partial charge on any atom is -0.394 e. The number of rotatable bonds is 5. The zero-order chi connectivity index (χ0) is 7.11. The van der Waals surface area contributed by atoms with E-state index in [-0.39, 0.29) is 6.61 Å². The molecule has 4 heteroatoms. The maximum absolute atomic E-state index is 8.24. The first-order chi connectivity index (χ1) is 4.31. The molecule has 56 valence electrons. The number of halogens is 1. The highest BCUT2D eigenvalue weighted by atomic mass is 35.5. The van der Waals surface area contributed by atoms with Crippen LogP contribution in [0.25, 0.3) is 0 Å². The van der Waals surface area contributed by atoms with Crippen LogP contribution < -0.4 is 0 Å². The van der Waals surface area contributed by atoms with E-state index in [1.807, 2.05) is 0 Å². The minimum atomic E-state index is -0.406. The maximum Gasteiger partial charge on any atom is 0.153 e. The van der Waals surface area contributed by atoms with Gasteiger partial charge in [0.2, 0.25) is 0 Å². The molecule has 1 N–H and O–H groups in total. The first-order valence-electron chi connectivity index (χ1n) is 2.66. The molecule has 0 spiro atoms. The summed E-state index contributed by atoms with van der Waals surface area (Å²) in [4.78, 5) is 0. The van der Waals surface area contributed by atoms with E-state index in [2.05, 4.69) is 4.74 Å².